The molecule has 0 saturated heterocycles. The number of fused-ring (bicyclic) bond motifs is 3. The smallest absolute Gasteiger partial charge is 0.222 e. The van der Waals surface area contributed by atoms with Gasteiger partial charge >= 0.3 is 0 Å². The van der Waals surface area contributed by atoms with Gasteiger partial charge in [0.15, 0.2) is 12.4 Å². The Balaban J connectivity index is 1.48. The Morgan fingerprint density at radius 1 is 0.786 bits per heavy atom. The summed E-state index contributed by atoms with van der Waals surface area (Å²) in [6, 6.07) is 25.7. The van der Waals surface area contributed by atoms with E-state index in [1.54, 1.807) is 6.07 Å². The van der Waals surface area contributed by atoms with Crippen LogP contribution in [0.15, 0.2) is 91.3 Å². The van der Waals surface area contributed by atoms with Crippen LogP contribution in [-0.4, -0.2) is 14.1 Å². The molecule has 2 aliphatic carbocycles. The van der Waals surface area contributed by atoms with Crippen molar-refractivity contribution in [1.29, 1.82) is 0 Å². The predicted molar refractivity (Wildman–Crippen MR) is 168 cm³/mol. The molecule has 0 amide bonds. The van der Waals surface area contributed by atoms with Gasteiger partial charge in [-0.2, -0.15) is 4.57 Å². The van der Waals surface area contributed by atoms with E-state index in [2.05, 4.69) is 148 Å². The number of hydrogen-bond acceptors (Lipinski definition) is 1. The van der Waals surface area contributed by atoms with Crippen molar-refractivity contribution in [2.45, 2.75) is 44.1 Å². The van der Waals surface area contributed by atoms with Crippen molar-refractivity contribution in [2.24, 2.45) is 7.05 Å². The van der Waals surface area contributed by atoms with Gasteiger partial charge in [0.2, 0.25) is 16.9 Å². The summed E-state index contributed by atoms with van der Waals surface area (Å²) in [5.41, 5.74) is 10.4. The molecule has 8 rings (SSSR count). The van der Waals surface area contributed by atoms with Crippen molar-refractivity contribution in [3.63, 3.8) is 0 Å². The van der Waals surface area contributed by atoms with Gasteiger partial charge in [0.05, 0.1) is 21.9 Å². The molecule has 0 radical (unpaired) electrons. The number of hydrogen-bond donors (Lipinski definition) is 0. The van der Waals surface area contributed by atoms with Gasteiger partial charge in [-0.15, -0.1) is 0 Å². The lowest BCUT2D eigenvalue weighted by Gasteiger charge is -2.54. The Morgan fingerprint density at radius 2 is 1.60 bits per heavy atom. The molecule has 0 N–H and O–H groups in total. The molecule has 0 bridgehead atoms. The Hall–Kier alpha value is -4.31. The molecule has 3 aliphatic rings. The van der Waals surface area contributed by atoms with Crippen molar-refractivity contribution in [1.82, 2.24) is 0 Å². The van der Waals surface area contributed by atoms with E-state index in [-0.39, 0.29) is 16.8 Å². The second-order valence-corrected chi connectivity index (χ2v) is 13.4. The fourth-order valence-corrected chi connectivity index (χ4v) is 8.36. The van der Waals surface area contributed by atoms with Gasteiger partial charge in [0, 0.05) is 61.5 Å². The fraction of sp³-hybridized carbons (Fsp3) is 0.263. The number of aryl methyl sites for hydroxylation is 1. The van der Waals surface area contributed by atoms with Crippen LogP contribution in [0.25, 0.3) is 38.9 Å². The zero-order chi connectivity index (χ0) is 29.3. The van der Waals surface area contributed by atoms with Crippen molar-refractivity contribution < 1.29 is 13.5 Å². The molecule has 0 saturated carbocycles. The summed E-state index contributed by atoms with van der Waals surface area (Å²) in [6.45, 7) is 9.08. The number of anilines is 1. The Labute approximate surface area is 247 Å². The Kier molecular flexibility index (Phi) is 4.81. The van der Waals surface area contributed by atoms with E-state index < -0.39 is 5.41 Å². The van der Waals surface area contributed by atoms with Crippen LogP contribution < -0.4 is 14.0 Å². The van der Waals surface area contributed by atoms with Gasteiger partial charge in [-0.1, -0.05) is 50.3 Å². The monoisotopic (exact) mass is 553 g/mol. The fourth-order valence-electron chi connectivity index (χ4n) is 8.36. The number of pyridine rings is 2. The molecule has 4 heteroatoms. The zero-order valence-corrected chi connectivity index (χ0v) is 25.4. The zero-order valence-electron chi connectivity index (χ0n) is 25.4. The van der Waals surface area contributed by atoms with Gasteiger partial charge in [0.25, 0.3) is 0 Å². The maximum absolute atomic E-state index is 15.9. The van der Waals surface area contributed by atoms with Crippen LogP contribution in [0.4, 0.5) is 10.1 Å². The second kappa shape index (κ2) is 7.95. The maximum atomic E-state index is 15.9. The molecule has 3 heterocycles. The molecule has 2 atom stereocenters. The maximum Gasteiger partial charge on any atom is 0.222 e. The van der Waals surface area contributed by atoms with Crippen LogP contribution in [0.2, 0.25) is 0 Å². The Morgan fingerprint density at radius 3 is 2.36 bits per heavy atom. The number of nitrogens with zero attached hydrogens (tertiary/aromatic N) is 3. The molecule has 3 aromatic carbocycles. The van der Waals surface area contributed by atoms with Crippen LogP contribution in [0.5, 0.6) is 0 Å². The lowest BCUT2D eigenvalue weighted by molar-refractivity contribution is -0.748. The van der Waals surface area contributed by atoms with Crippen molar-refractivity contribution in [3.8, 4) is 22.5 Å². The van der Waals surface area contributed by atoms with Gasteiger partial charge in [-0.3, -0.25) is 0 Å². The summed E-state index contributed by atoms with van der Waals surface area (Å²) in [5, 5.41) is 2.45. The SMILES string of the molecule is CN(C)c1ccc(C2=CC3(C)c4ccc(F)c5c4-c4c6c(cccc6cc[n+]4[C@@]23C)C5(C)C)c(-c2cccc[n+]2C)c1. The van der Waals surface area contributed by atoms with E-state index in [0.29, 0.717) is 0 Å². The van der Waals surface area contributed by atoms with E-state index in [4.69, 9.17) is 0 Å². The number of benzene rings is 3. The third-order valence-electron chi connectivity index (χ3n) is 10.8. The number of allylic oxidation sites excluding steroid dienone is 2. The molecule has 1 aliphatic heterocycles. The van der Waals surface area contributed by atoms with Gasteiger partial charge < -0.3 is 4.90 Å². The summed E-state index contributed by atoms with van der Waals surface area (Å²) < 4.78 is 20.6. The second-order valence-electron chi connectivity index (χ2n) is 13.4. The summed E-state index contributed by atoms with van der Waals surface area (Å²) in [6.07, 6.45) is 6.81. The summed E-state index contributed by atoms with van der Waals surface area (Å²) in [7, 11) is 6.30. The van der Waals surface area contributed by atoms with Crippen LogP contribution in [0.3, 0.4) is 0 Å². The highest BCUT2D eigenvalue weighted by Crippen LogP contribution is 2.64. The largest absolute Gasteiger partial charge is 0.378 e. The molecule has 0 fully saturated rings. The molecule has 0 spiro atoms. The first kappa shape index (κ1) is 25.4. The van der Waals surface area contributed by atoms with E-state index in [1.165, 1.54) is 50.0 Å². The molecule has 1 unspecified atom stereocenters. The van der Waals surface area contributed by atoms with E-state index in [9.17, 15) is 0 Å². The van der Waals surface area contributed by atoms with E-state index >= 15 is 4.39 Å². The van der Waals surface area contributed by atoms with E-state index in [0.717, 1.165) is 16.8 Å². The number of aromatic nitrogens is 2. The molecular formula is C38H36FN3+2. The van der Waals surface area contributed by atoms with Crippen LogP contribution in [0.1, 0.15) is 49.9 Å². The molecular weight excluding hydrogens is 517 g/mol. The average Bonchev–Trinajstić information content (AvgIpc) is 2.97. The van der Waals surface area contributed by atoms with Crippen molar-refractivity contribution >= 4 is 22.0 Å². The lowest BCUT2D eigenvalue weighted by Crippen LogP contribution is -2.72. The third-order valence-corrected chi connectivity index (χ3v) is 10.8. The topological polar surface area (TPSA) is 11.0 Å². The highest BCUT2D eigenvalue weighted by Gasteiger charge is 2.67. The minimum atomic E-state index is -0.446. The minimum Gasteiger partial charge on any atom is -0.378 e. The normalized spacial score (nSPS) is 22.3. The number of rotatable bonds is 3. The highest BCUT2D eigenvalue weighted by atomic mass is 19.1. The molecule has 5 aromatic rings. The highest BCUT2D eigenvalue weighted by molar-refractivity contribution is 6.03. The average molecular weight is 554 g/mol. The van der Waals surface area contributed by atoms with Crippen molar-refractivity contribution in [2.75, 3.05) is 19.0 Å². The Bertz CT molecular complexity index is 2050. The van der Waals surface area contributed by atoms with Crippen LogP contribution in [-0.2, 0) is 23.4 Å². The summed E-state index contributed by atoms with van der Waals surface area (Å²) in [4.78, 5) is 2.16. The number of halogens is 1. The summed E-state index contributed by atoms with van der Waals surface area (Å²) >= 11 is 0. The quantitative estimate of drug-likeness (QED) is 0.215. The van der Waals surface area contributed by atoms with Gasteiger partial charge in [-0.05, 0) is 53.3 Å². The van der Waals surface area contributed by atoms with Gasteiger partial charge in [0.1, 0.15) is 12.9 Å². The summed E-state index contributed by atoms with van der Waals surface area (Å²) in [5.74, 6) is -0.120. The predicted octanol–water partition coefficient (Wildman–Crippen LogP) is 7.21. The molecule has 3 nitrogen and oxygen atoms in total. The lowest BCUT2D eigenvalue weighted by atomic mass is 9.49. The molecule has 208 valence electrons. The van der Waals surface area contributed by atoms with Crippen LogP contribution in [0, 0.1) is 5.82 Å². The first-order valence-electron chi connectivity index (χ1n) is 14.8. The van der Waals surface area contributed by atoms with Crippen molar-refractivity contribution in [3.05, 3.63) is 119 Å². The standard InChI is InChI=1S/C38H36FN3/c1-36(2)27-12-10-11-23-18-20-42-35(32(23)27)33-28(16-17-30(39)34(33)36)37(3)22-29(38(37,42)4)25-15-14-24(40(5)6)21-26(25)31-13-8-9-19-41(31)7/h8-22H,1-7H3/q+2/t37?,38-/m0/s1. The molecule has 42 heavy (non-hydrogen) atoms. The minimum absolute atomic E-state index is 0.120. The van der Waals surface area contributed by atoms with Gasteiger partial charge in [-0.25, -0.2) is 8.96 Å². The molecule has 2 aromatic heterocycles. The van der Waals surface area contributed by atoms with E-state index in [1.807, 2.05) is 0 Å². The first-order valence-corrected chi connectivity index (χ1v) is 14.8. The van der Waals surface area contributed by atoms with Crippen LogP contribution >= 0.6 is 0 Å². The third kappa shape index (κ3) is 2.81. The first-order chi connectivity index (χ1) is 20.0.